The van der Waals surface area contributed by atoms with E-state index in [1.165, 1.54) is 7.11 Å². The molecule has 142 valence electrons. The number of nitrogens with two attached hydrogens (primary N) is 1. The molecule has 2 atom stereocenters. The average Bonchev–Trinajstić information content (AvgIpc) is 3.44. The molecule has 0 bridgehead atoms. The molecule has 1 aromatic carbocycles. The number of methoxy groups -OCH3 is 1. The number of piperazine rings is 1. The number of aromatic nitrogens is 2. The SMILES string of the molecule is COC(=O)C1(c2ccc(N)cc2)CC1CN1CCN(c2ncccn2)CC1. The Labute approximate surface area is 159 Å². The molecule has 2 aliphatic rings. The fourth-order valence-electron chi connectivity index (χ4n) is 4.13. The first kappa shape index (κ1) is 17.7. The molecule has 2 fully saturated rings. The lowest BCUT2D eigenvalue weighted by Gasteiger charge is -2.35. The minimum atomic E-state index is -0.526. The number of nitrogen functional groups attached to an aromatic ring is 1. The van der Waals surface area contributed by atoms with Gasteiger partial charge in [-0.15, -0.1) is 0 Å². The van der Waals surface area contributed by atoms with Crippen LogP contribution in [0.25, 0.3) is 0 Å². The standard InChI is InChI=1S/C20H25N5O2/c1-27-18(26)20(15-3-5-17(21)6-4-15)13-16(20)14-24-9-11-25(12-10-24)19-22-7-2-8-23-19/h2-8,16H,9-14,21H2,1H3. The maximum Gasteiger partial charge on any atom is 0.316 e. The van der Waals surface area contributed by atoms with Crippen molar-refractivity contribution in [3.63, 3.8) is 0 Å². The summed E-state index contributed by atoms with van der Waals surface area (Å²) in [6, 6.07) is 9.45. The van der Waals surface area contributed by atoms with Crippen molar-refractivity contribution in [3.05, 3.63) is 48.3 Å². The summed E-state index contributed by atoms with van der Waals surface area (Å²) in [5.74, 6) is 0.913. The van der Waals surface area contributed by atoms with Gasteiger partial charge in [0.05, 0.1) is 12.5 Å². The van der Waals surface area contributed by atoms with Crippen molar-refractivity contribution in [2.75, 3.05) is 50.5 Å². The summed E-state index contributed by atoms with van der Waals surface area (Å²) in [7, 11) is 1.47. The van der Waals surface area contributed by atoms with E-state index in [0.717, 1.165) is 50.7 Å². The minimum Gasteiger partial charge on any atom is -0.468 e. The highest BCUT2D eigenvalue weighted by molar-refractivity contribution is 5.87. The maximum atomic E-state index is 12.6. The Morgan fingerprint density at radius 2 is 1.85 bits per heavy atom. The molecule has 0 amide bonds. The van der Waals surface area contributed by atoms with Crippen LogP contribution in [-0.4, -0.2) is 60.7 Å². The van der Waals surface area contributed by atoms with Crippen molar-refractivity contribution in [2.45, 2.75) is 11.8 Å². The first-order chi connectivity index (χ1) is 13.1. The first-order valence-electron chi connectivity index (χ1n) is 9.32. The van der Waals surface area contributed by atoms with E-state index in [1.807, 2.05) is 30.3 Å². The van der Waals surface area contributed by atoms with Gasteiger partial charge in [-0.05, 0) is 36.1 Å². The molecule has 2 N–H and O–H groups in total. The topological polar surface area (TPSA) is 84.6 Å². The number of carbonyl (C=O) groups is 1. The Morgan fingerprint density at radius 3 is 2.48 bits per heavy atom. The number of hydrogen-bond acceptors (Lipinski definition) is 7. The van der Waals surface area contributed by atoms with Crippen LogP contribution in [0.2, 0.25) is 0 Å². The second-order valence-corrected chi connectivity index (χ2v) is 7.32. The van der Waals surface area contributed by atoms with E-state index in [1.54, 1.807) is 12.4 Å². The monoisotopic (exact) mass is 367 g/mol. The van der Waals surface area contributed by atoms with Crippen LogP contribution in [0.15, 0.2) is 42.7 Å². The number of rotatable bonds is 5. The quantitative estimate of drug-likeness (QED) is 0.630. The van der Waals surface area contributed by atoms with Gasteiger partial charge in [-0.2, -0.15) is 0 Å². The molecule has 7 heteroatoms. The molecular formula is C20H25N5O2. The van der Waals surface area contributed by atoms with Crippen LogP contribution in [0, 0.1) is 5.92 Å². The Hall–Kier alpha value is -2.67. The largest absolute Gasteiger partial charge is 0.468 e. The van der Waals surface area contributed by atoms with Crippen LogP contribution in [0.3, 0.4) is 0 Å². The average molecular weight is 367 g/mol. The van der Waals surface area contributed by atoms with Gasteiger partial charge >= 0.3 is 5.97 Å². The zero-order chi connectivity index (χ0) is 18.9. The summed E-state index contributed by atoms with van der Waals surface area (Å²) >= 11 is 0. The van der Waals surface area contributed by atoms with Gasteiger partial charge in [0.2, 0.25) is 5.95 Å². The number of anilines is 2. The summed E-state index contributed by atoms with van der Waals surface area (Å²) < 4.78 is 5.14. The zero-order valence-electron chi connectivity index (χ0n) is 15.5. The molecule has 1 aliphatic carbocycles. The molecule has 1 aliphatic heterocycles. The Kier molecular flexibility index (Phi) is 4.70. The molecule has 0 spiro atoms. The normalized spacial score (nSPS) is 25.2. The van der Waals surface area contributed by atoms with Crippen molar-refractivity contribution in [1.29, 1.82) is 0 Å². The van der Waals surface area contributed by atoms with Crippen molar-refractivity contribution in [3.8, 4) is 0 Å². The van der Waals surface area contributed by atoms with Crippen LogP contribution in [-0.2, 0) is 14.9 Å². The predicted molar refractivity (Wildman–Crippen MR) is 103 cm³/mol. The first-order valence-corrected chi connectivity index (χ1v) is 9.32. The fourth-order valence-corrected chi connectivity index (χ4v) is 4.13. The van der Waals surface area contributed by atoms with Crippen LogP contribution in [0.4, 0.5) is 11.6 Å². The number of hydrogen-bond donors (Lipinski definition) is 1. The van der Waals surface area contributed by atoms with E-state index in [2.05, 4.69) is 19.8 Å². The van der Waals surface area contributed by atoms with Crippen molar-refractivity contribution in [1.82, 2.24) is 14.9 Å². The van der Waals surface area contributed by atoms with E-state index in [0.29, 0.717) is 5.69 Å². The predicted octanol–water partition coefficient (Wildman–Crippen LogP) is 1.31. The van der Waals surface area contributed by atoms with E-state index in [4.69, 9.17) is 10.5 Å². The van der Waals surface area contributed by atoms with Crippen LogP contribution in [0.1, 0.15) is 12.0 Å². The van der Waals surface area contributed by atoms with Crippen LogP contribution >= 0.6 is 0 Å². The number of nitrogens with zero attached hydrogens (tertiary/aromatic N) is 4. The Bertz CT molecular complexity index is 790. The molecular weight excluding hydrogens is 342 g/mol. The van der Waals surface area contributed by atoms with Crippen molar-refractivity contribution < 1.29 is 9.53 Å². The summed E-state index contributed by atoms with van der Waals surface area (Å²) in [6.45, 7) is 4.55. The van der Waals surface area contributed by atoms with Gasteiger partial charge < -0.3 is 15.4 Å². The summed E-state index contributed by atoms with van der Waals surface area (Å²) in [6.07, 6.45) is 4.37. The third-order valence-electron chi connectivity index (χ3n) is 5.77. The van der Waals surface area contributed by atoms with E-state index in [9.17, 15) is 4.79 Å². The molecule has 2 heterocycles. The molecule has 4 rings (SSSR count). The van der Waals surface area contributed by atoms with Crippen LogP contribution in [0.5, 0.6) is 0 Å². The molecule has 1 saturated heterocycles. The molecule has 1 saturated carbocycles. The number of ether oxygens (including phenoxy) is 1. The van der Waals surface area contributed by atoms with Crippen molar-refractivity contribution >= 4 is 17.6 Å². The molecule has 0 radical (unpaired) electrons. The summed E-state index contributed by atoms with van der Waals surface area (Å²) in [5, 5.41) is 0. The van der Waals surface area contributed by atoms with E-state index in [-0.39, 0.29) is 11.9 Å². The van der Waals surface area contributed by atoms with Gasteiger partial charge in [0.15, 0.2) is 0 Å². The second-order valence-electron chi connectivity index (χ2n) is 7.32. The Morgan fingerprint density at radius 1 is 1.19 bits per heavy atom. The van der Waals surface area contributed by atoms with E-state index < -0.39 is 5.41 Å². The van der Waals surface area contributed by atoms with Gasteiger partial charge in [0.1, 0.15) is 0 Å². The summed E-state index contributed by atoms with van der Waals surface area (Å²) in [4.78, 5) is 25.9. The van der Waals surface area contributed by atoms with Gasteiger partial charge in [-0.3, -0.25) is 9.69 Å². The smallest absolute Gasteiger partial charge is 0.316 e. The van der Waals surface area contributed by atoms with Gasteiger partial charge in [0, 0.05) is 50.8 Å². The lowest BCUT2D eigenvalue weighted by Crippen LogP contribution is -2.48. The van der Waals surface area contributed by atoms with Gasteiger partial charge in [-0.1, -0.05) is 12.1 Å². The number of carbonyl (C=O) groups excluding carboxylic acids is 1. The molecule has 2 aromatic rings. The minimum absolute atomic E-state index is 0.145. The van der Waals surface area contributed by atoms with Gasteiger partial charge in [0.25, 0.3) is 0 Å². The highest BCUT2D eigenvalue weighted by atomic mass is 16.5. The highest BCUT2D eigenvalue weighted by Crippen LogP contribution is 2.55. The second kappa shape index (κ2) is 7.15. The molecule has 27 heavy (non-hydrogen) atoms. The lowest BCUT2D eigenvalue weighted by molar-refractivity contribution is -0.144. The van der Waals surface area contributed by atoms with Gasteiger partial charge in [-0.25, -0.2) is 9.97 Å². The van der Waals surface area contributed by atoms with Crippen LogP contribution < -0.4 is 10.6 Å². The molecule has 1 aromatic heterocycles. The molecule has 2 unspecified atom stereocenters. The Balaban J connectivity index is 1.40. The number of benzene rings is 1. The molecule has 7 nitrogen and oxygen atoms in total. The number of esters is 1. The van der Waals surface area contributed by atoms with Crippen molar-refractivity contribution in [2.24, 2.45) is 5.92 Å². The third-order valence-corrected chi connectivity index (χ3v) is 5.77. The fraction of sp³-hybridized carbons (Fsp3) is 0.450. The highest BCUT2D eigenvalue weighted by Gasteiger charge is 2.62. The third kappa shape index (κ3) is 3.35. The van der Waals surface area contributed by atoms with E-state index >= 15 is 0 Å². The lowest BCUT2D eigenvalue weighted by atomic mass is 9.92. The summed E-state index contributed by atoms with van der Waals surface area (Å²) in [5.41, 5.74) is 6.99. The zero-order valence-corrected chi connectivity index (χ0v) is 15.5. The maximum absolute atomic E-state index is 12.6.